The fourth-order valence-electron chi connectivity index (χ4n) is 3.27. The zero-order chi connectivity index (χ0) is 15.1. The number of thiophene rings is 1. The van der Waals surface area contributed by atoms with Crippen LogP contribution in [0.1, 0.15) is 26.4 Å². The fraction of sp³-hybridized carbons (Fsp3) is 0.143. The van der Waals surface area contributed by atoms with Gasteiger partial charge in [0.25, 0.3) is 0 Å². The minimum absolute atomic E-state index is 1.05. The maximum Gasteiger partial charge on any atom is 0.0308 e. The largest absolute Gasteiger partial charge is 0.141 e. The molecular weight excluding hydrogens is 284 g/mol. The lowest BCUT2D eigenvalue weighted by Gasteiger charge is -2.11. The highest BCUT2D eigenvalue weighted by molar-refractivity contribution is 7.13. The van der Waals surface area contributed by atoms with Gasteiger partial charge in [0.05, 0.1) is 0 Å². The minimum Gasteiger partial charge on any atom is -0.141 e. The van der Waals surface area contributed by atoms with Crippen LogP contribution in [0, 0.1) is 13.8 Å². The number of aryl methyl sites for hydroxylation is 2. The summed E-state index contributed by atoms with van der Waals surface area (Å²) < 4.78 is 0. The molecule has 0 atom stereocenters. The van der Waals surface area contributed by atoms with Crippen LogP contribution in [0.3, 0.4) is 0 Å². The van der Waals surface area contributed by atoms with Crippen LogP contribution in [0.4, 0.5) is 0 Å². The van der Waals surface area contributed by atoms with E-state index in [0.717, 1.165) is 6.42 Å². The monoisotopic (exact) mass is 302 g/mol. The third-order valence-electron chi connectivity index (χ3n) is 4.36. The highest BCUT2D eigenvalue weighted by atomic mass is 32.1. The van der Waals surface area contributed by atoms with E-state index in [1.165, 1.54) is 43.1 Å². The molecule has 0 radical (unpaired) electrons. The van der Waals surface area contributed by atoms with Crippen LogP contribution in [0.2, 0.25) is 0 Å². The molecule has 0 unspecified atom stereocenters. The second kappa shape index (κ2) is 5.26. The quantitative estimate of drug-likeness (QED) is 0.534. The smallest absolute Gasteiger partial charge is 0.0308 e. The third kappa shape index (κ3) is 2.22. The zero-order valence-corrected chi connectivity index (χ0v) is 13.7. The van der Waals surface area contributed by atoms with Gasteiger partial charge in [-0.05, 0) is 71.9 Å². The molecule has 0 aliphatic heterocycles. The Bertz CT molecular complexity index is 866. The van der Waals surface area contributed by atoms with Crippen molar-refractivity contribution in [3.63, 3.8) is 0 Å². The van der Waals surface area contributed by atoms with Gasteiger partial charge in [0.15, 0.2) is 0 Å². The molecule has 0 nitrogen and oxygen atoms in total. The lowest BCUT2D eigenvalue weighted by atomic mass is 9.93. The summed E-state index contributed by atoms with van der Waals surface area (Å²) in [4.78, 5) is 2.79. The molecule has 0 bridgehead atoms. The fourth-order valence-corrected chi connectivity index (χ4v) is 4.16. The number of fused-ring (bicyclic) bond motifs is 1. The van der Waals surface area contributed by atoms with Gasteiger partial charge in [-0.25, -0.2) is 0 Å². The summed E-state index contributed by atoms with van der Waals surface area (Å²) in [7, 11) is 0. The first-order valence-electron chi connectivity index (χ1n) is 7.67. The Morgan fingerprint density at radius 3 is 2.41 bits per heavy atom. The predicted molar refractivity (Wildman–Crippen MR) is 97.2 cm³/mol. The van der Waals surface area contributed by atoms with Crippen molar-refractivity contribution in [3.8, 4) is 11.1 Å². The van der Waals surface area contributed by atoms with Gasteiger partial charge in [-0.1, -0.05) is 42.5 Å². The summed E-state index contributed by atoms with van der Waals surface area (Å²) in [5, 5.41) is 0. The van der Waals surface area contributed by atoms with E-state index in [1.54, 1.807) is 0 Å². The topological polar surface area (TPSA) is 0 Å². The van der Waals surface area contributed by atoms with Gasteiger partial charge in [-0.15, -0.1) is 11.3 Å². The Labute approximate surface area is 135 Å². The van der Waals surface area contributed by atoms with Gasteiger partial charge in [-0.2, -0.15) is 0 Å². The van der Waals surface area contributed by atoms with E-state index in [9.17, 15) is 0 Å². The van der Waals surface area contributed by atoms with E-state index in [2.05, 4.69) is 74.5 Å². The lowest BCUT2D eigenvalue weighted by molar-refractivity contribution is 1.30. The van der Waals surface area contributed by atoms with E-state index < -0.39 is 0 Å². The average Bonchev–Trinajstić information content (AvgIpc) is 3.14. The summed E-state index contributed by atoms with van der Waals surface area (Å²) in [6, 6.07) is 19.8. The van der Waals surface area contributed by atoms with Crippen molar-refractivity contribution in [2.45, 2.75) is 20.3 Å². The number of allylic oxidation sites excluding steroid dienone is 1. The average molecular weight is 302 g/mol. The molecule has 1 aliphatic rings. The van der Waals surface area contributed by atoms with Crippen molar-refractivity contribution in [1.29, 1.82) is 0 Å². The molecule has 1 aromatic heterocycles. The van der Waals surface area contributed by atoms with Crippen molar-refractivity contribution in [3.05, 3.63) is 81.0 Å². The van der Waals surface area contributed by atoms with Crippen molar-refractivity contribution in [2.24, 2.45) is 0 Å². The van der Waals surface area contributed by atoms with Gasteiger partial charge in [0, 0.05) is 9.75 Å². The second-order valence-corrected chi connectivity index (χ2v) is 7.24. The van der Waals surface area contributed by atoms with Gasteiger partial charge in [0.1, 0.15) is 0 Å². The number of hydrogen-bond acceptors (Lipinski definition) is 1. The summed E-state index contributed by atoms with van der Waals surface area (Å²) >= 11 is 1.89. The van der Waals surface area contributed by atoms with E-state index in [1.807, 2.05) is 11.3 Å². The Morgan fingerprint density at radius 1 is 0.864 bits per heavy atom. The van der Waals surface area contributed by atoms with Crippen LogP contribution in [0.15, 0.2) is 54.6 Å². The van der Waals surface area contributed by atoms with E-state index in [0.29, 0.717) is 0 Å². The molecule has 4 rings (SSSR count). The van der Waals surface area contributed by atoms with Crippen molar-refractivity contribution < 1.29 is 0 Å². The Morgan fingerprint density at radius 2 is 1.68 bits per heavy atom. The lowest BCUT2D eigenvalue weighted by Crippen LogP contribution is -1.91. The first-order valence-corrected chi connectivity index (χ1v) is 8.49. The van der Waals surface area contributed by atoms with Gasteiger partial charge in [0.2, 0.25) is 0 Å². The zero-order valence-electron chi connectivity index (χ0n) is 12.9. The van der Waals surface area contributed by atoms with Crippen LogP contribution < -0.4 is 0 Å². The third-order valence-corrected chi connectivity index (χ3v) is 5.44. The van der Waals surface area contributed by atoms with Crippen molar-refractivity contribution in [2.75, 3.05) is 0 Å². The minimum atomic E-state index is 1.05. The molecule has 0 fully saturated rings. The molecule has 0 N–H and O–H groups in total. The molecule has 0 saturated carbocycles. The van der Waals surface area contributed by atoms with Gasteiger partial charge < -0.3 is 0 Å². The van der Waals surface area contributed by atoms with Crippen molar-refractivity contribution in [1.82, 2.24) is 0 Å². The second-order valence-electron chi connectivity index (χ2n) is 5.95. The first kappa shape index (κ1) is 13.5. The van der Waals surface area contributed by atoms with Gasteiger partial charge >= 0.3 is 0 Å². The molecular formula is C21H18S. The summed E-state index contributed by atoms with van der Waals surface area (Å²) in [6.45, 7) is 4.39. The molecule has 0 saturated heterocycles. The van der Waals surface area contributed by atoms with E-state index in [-0.39, 0.29) is 0 Å². The summed E-state index contributed by atoms with van der Waals surface area (Å²) in [5.41, 5.74) is 8.37. The summed E-state index contributed by atoms with van der Waals surface area (Å²) in [6.07, 6.45) is 3.45. The molecule has 3 aromatic rings. The normalized spacial score (nSPS) is 13.1. The van der Waals surface area contributed by atoms with Crippen LogP contribution in [-0.2, 0) is 6.42 Å². The van der Waals surface area contributed by atoms with E-state index in [4.69, 9.17) is 0 Å². The SMILES string of the molecule is Cc1ccc(C2=Cc3c(ccc(C)c3-c3ccccc3)C2)s1. The maximum absolute atomic E-state index is 2.40. The number of hydrogen-bond donors (Lipinski definition) is 0. The molecule has 1 heterocycles. The Kier molecular flexibility index (Phi) is 3.24. The predicted octanol–water partition coefficient (Wildman–Crippen LogP) is 6.13. The van der Waals surface area contributed by atoms with Crippen molar-refractivity contribution >= 4 is 23.0 Å². The van der Waals surface area contributed by atoms with Crippen LogP contribution >= 0.6 is 11.3 Å². The van der Waals surface area contributed by atoms with Gasteiger partial charge in [-0.3, -0.25) is 0 Å². The molecule has 1 heteroatoms. The molecule has 22 heavy (non-hydrogen) atoms. The molecule has 0 spiro atoms. The number of rotatable bonds is 2. The Hall–Kier alpha value is -2.12. The molecule has 1 aliphatic carbocycles. The standard InChI is InChI=1S/C21H18S/c1-14-8-10-17-12-18(20-11-9-15(2)22-20)13-19(17)21(14)16-6-4-3-5-7-16/h3-11,13H,12H2,1-2H3. The highest BCUT2D eigenvalue weighted by Gasteiger charge is 2.19. The summed E-state index contributed by atoms with van der Waals surface area (Å²) in [5.74, 6) is 0. The van der Waals surface area contributed by atoms with Crippen LogP contribution in [0.5, 0.6) is 0 Å². The Balaban J connectivity index is 1.87. The molecule has 108 valence electrons. The highest BCUT2D eigenvalue weighted by Crippen LogP contribution is 2.40. The molecule has 2 aromatic carbocycles. The van der Waals surface area contributed by atoms with E-state index >= 15 is 0 Å². The van der Waals surface area contributed by atoms with Crippen LogP contribution in [0.25, 0.3) is 22.8 Å². The molecule has 0 amide bonds. The number of benzene rings is 2. The maximum atomic E-state index is 2.40. The van der Waals surface area contributed by atoms with Crippen LogP contribution in [-0.4, -0.2) is 0 Å². The first-order chi connectivity index (χ1) is 10.7.